The molecular weight excluding hydrogens is 487 g/mol. The normalized spacial score (nSPS) is 11.2. The summed E-state index contributed by atoms with van der Waals surface area (Å²) < 4.78 is 8.22. The maximum absolute atomic E-state index is 13.8. The van der Waals surface area contributed by atoms with Gasteiger partial charge in [-0.3, -0.25) is 9.59 Å². The number of amides is 1. The molecule has 0 atom stereocenters. The number of rotatable bonds is 4. The summed E-state index contributed by atoms with van der Waals surface area (Å²) in [5, 5.41) is 6.72. The molecule has 35 heavy (non-hydrogen) atoms. The molecule has 3 aromatic carbocycles. The van der Waals surface area contributed by atoms with Crippen molar-refractivity contribution in [2.24, 2.45) is 7.05 Å². The summed E-state index contributed by atoms with van der Waals surface area (Å²) >= 11 is 12.4. The van der Waals surface area contributed by atoms with Gasteiger partial charge < -0.3 is 14.2 Å². The van der Waals surface area contributed by atoms with Crippen LogP contribution < -0.4 is 15.2 Å². The number of hydrogen-bond donors (Lipinski definition) is 0. The Balaban J connectivity index is 1.82. The van der Waals surface area contributed by atoms with E-state index in [1.165, 1.54) is 16.7 Å². The number of aryl methyl sites for hydroxylation is 1. The van der Waals surface area contributed by atoms with Crippen LogP contribution in [0.4, 0.5) is 5.69 Å². The zero-order chi connectivity index (χ0) is 24.9. The fourth-order valence-electron chi connectivity index (χ4n) is 4.23. The van der Waals surface area contributed by atoms with Gasteiger partial charge in [0.25, 0.3) is 11.5 Å². The zero-order valence-electron chi connectivity index (χ0n) is 19.1. The third-order valence-corrected chi connectivity index (χ3v) is 6.59. The number of carbonyl (C=O) groups is 1. The fraction of sp³-hybridized carbons (Fsp3) is 0.115. The van der Waals surface area contributed by atoms with Crippen molar-refractivity contribution in [1.29, 1.82) is 0 Å². The van der Waals surface area contributed by atoms with Crippen LogP contribution in [0.1, 0.15) is 10.5 Å². The minimum atomic E-state index is -0.373. The van der Waals surface area contributed by atoms with Crippen LogP contribution in [0.15, 0.2) is 71.5 Å². The lowest BCUT2D eigenvalue weighted by Crippen LogP contribution is -2.31. The van der Waals surface area contributed by atoms with Gasteiger partial charge in [0, 0.05) is 41.1 Å². The molecule has 9 heteroatoms. The summed E-state index contributed by atoms with van der Waals surface area (Å²) in [6, 6.07) is 19.4. The number of fused-ring (bicyclic) bond motifs is 3. The second kappa shape index (κ2) is 8.76. The average molecular weight is 507 g/mol. The Morgan fingerprint density at radius 3 is 2.43 bits per heavy atom. The third-order valence-electron chi connectivity index (χ3n) is 6.04. The van der Waals surface area contributed by atoms with Gasteiger partial charge in [0.2, 0.25) is 0 Å². The maximum Gasteiger partial charge on any atom is 0.296 e. The van der Waals surface area contributed by atoms with E-state index in [-0.39, 0.29) is 17.2 Å². The molecule has 0 spiro atoms. The highest BCUT2D eigenvalue weighted by atomic mass is 35.5. The van der Waals surface area contributed by atoms with E-state index in [1.54, 1.807) is 61.1 Å². The van der Waals surface area contributed by atoms with Gasteiger partial charge >= 0.3 is 0 Å². The number of anilines is 1. The maximum atomic E-state index is 13.8. The smallest absolute Gasteiger partial charge is 0.296 e. The molecule has 0 fully saturated rings. The summed E-state index contributed by atoms with van der Waals surface area (Å²) in [6.07, 6.45) is 0. The van der Waals surface area contributed by atoms with E-state index in [2.05, 4.69) is 5.10 Å². The summed E-state index contributed by atoms with van der Waals surface area (Å²) in [5.41, 5.74) is 2.00. The van der Waals surface area contributed by atoms with Gasteiger partial charge in [0.05, 0.1) is 17.8 Å². The summed E-state index contributed by atoms with van der Waals surface area (Å²) in [6.45, 7) is 0. The molecule has 0 aliphatic rings. The molecule has 5 rings (SSSR count). The van der Waals surface area contributed by atoms with Crippen molar-refractivity contribution in [1.82, 2.24) is 14.3 Å². The van der Waals surface area contributed by atoms with Gasteiger partial charge in [-0.25, -0.2) is 0 Å². The van der Waals surface area contributed by atoms with E-state index < -0.39 is 0 Å². The van der Waals surface area contributed by atoms with Crippen LogP contribution in [-0.2, 0) is 7.05 Å². The first-order chi connectivity index (χ1) is 16.8. The zero-order valence-corrected chi connectivity index (χ0v) is 20.6. The molecule has 0 saturated carbocycles. The highest BCUT2D eigenvalue weighted by molar-refractivity contribution is 6.32. The molecule has 0 saturated heterocycles. The van der Waals surface area contributed by atoms with Crippen LogP contribution in [0.2, 0.25) is 10.0 Å². The lowest BCUT2D eigenvalue weighted by atomic mass is 10.1. The van der Waals surface area contributed by atoms with Crippen LogP contribution in [-0.4, -0.2) is 34.4 Å². The van der Waals surface area contributed by atoms with Crippen LogP contribution in [0.3, 0.4) is 0 Å². The molecule has 176 valence electrons. The molecule has 0 aliphatic carbocycles. The van der Waals surface area contributed by atoms with Crippen molar-refractivity contribution in [2.75, 3.05) is 19.1 Å². The number of halogens is 2. The van der Waals surface area contributed by atoms with E-state index in [0.29, 0.717) is 38.1 Å². The first-order valence-electron chi connectivity index (χ1n) is 10.7. The minimum absolute atomic E-state index is 0.140. The Morgan fingerprint density at radius 1 is 1.03 bits per heavy atom. The average Bonchev–Trinajstić information content (AvgIpc) is 3.17. The number of hydrogen-bond acceptors (Lipinski definition) is 4. The molecule has 1 amide bonds. The lowest BCUT2D eigenvalue weighted by molar-refractivity contribution is 0.0988. The number of nitrogens with zero attached hydrogens (tertiary/aromatic N) is 4. The monoisotopic (exact) mass is 506 g/mol. The van der Waals surface area contributed by atoms with E-state index in [4.69, 9.17) is 27.9 Å². The van der Waals surface area contributed by atoms with Crippen molar-refractivity contribution in [3.8, 4) is 11.4 Å². The van der Waals surface area contributed by atoms with E-state index in [0.717, 1.165) is 10.9 Å². The molecule has 0 radical (unpaired) electrons. The van der Waals surface area contributed by atoms with E-state index in [9.17, 15) is 9.59 Å². The highest BCUT2D eigenvalue weighted by Gasteiger charge is 2.26. The molecule has 5 aromatic rings. The number of para-hydroxylation sites is 1. The van der Waals surface area contributed by atoms with Crippen molar-refractivity contribution in [3.05, 3.63) is 92.8 Å². The third kappa shape index (κ3) is 3.73. The Bertz CT molecular complexity index is 1670. The SMILES string of the molecule is COc1ccc(-n2nc(C(=O)N(C)c3ccc(Cl)cc3)c3c4ccccc4n(C)c3c2=O)cc1Cl. The second-order valence-electron chi connectivity index (χ2n) is 8.02. The van der Waals surface area contributed by atoms with Crippen molar-refractivity contribution in [2.45, 2.75) is 0 Å². The molecule has 0 bridgehead atoms. The van der Waals surface area contributed by atoms with Crippen LogP contribution in [0, 0.1) is 0 Å². The van der Waals surface area contributed by atoms with Gasteiger partial charge in [-0.15, -0.1) is 0 Å². The molecule has 0 aliphatic heterocycles. The Kier molecular flexibility index (Phi) is 5.75. The minimum Gasteiger partial charge on any atom is -0.495 e. The van der Waals surface area contributed by atoms with Gasteiger partial charge in [0.15, 0.2) is 5.69 Å². The summed E-state index contributed by atoms with van der Waals surface area (Å²) in [7, 11) is 4.97. The van der Waals surface area contributed by atoms with E-state index >= 15 is 0 Å². The number of methoxy groups -OCH3 is 1. The number of benzene rings is 3. The second-order valence-corrected chi connectivity index (χ2v) is 8.87. The molecule has 0 N–H and O–H groups in total. The van der Waals surface area contributed by atoms with Gasteiger partial charge in [-0.1, -0.05) is 41.4 Å². The van der Waals surface area contributed by atoms with Crippen molar-refractivity contribution in [3.63, 3.8) is 0 Å². The molecule has 0 unspecified atom stereocenters. The fourth-order valence-corrected chi connectivity index (χ4v) is 4.61. The van der Waals surface area contributed by atoms with Crippen molar-refractivity contribution < 1.29 is 9.53 Å². The summed E-state index contributed by atoms with van der Waals surface area (Å²) in [4.78, 5) is 29.0. The summed E-state index contributed by atoms with van der Waals surface area (Å²) in [5.74, 6) is 0.0926. The van der Waals surface area contributed by atoms with E-state index in [1.807, 2.05) is 24.3 Å². The van der Waals surface area contributed by atoms with Crippen LogP contribution >= 0.6 is 23.2 Å². The first kappa shape index (κ1) is 23.0. The predicted molar refractivity (Wildman–Crippen MR) is 140 cm³/mol. The van der Waals surface area contributed by atoms with Gasteiger partial charge in [-0.2, -0.15) is 9.78 Å². The standard InChI is InChI=1S/C26H20Cl2N4O3/c1-30(16-10-8-15(27)9-11-16)25(33)23-22-18-6-4-5-7-20(18)31(2)24(22)26(34)32(29-23)17-12-13-21(35-3)19(28)14-17/h4-14H,1-3H3. The molecule has 7 nitrogen and oxygen atoms in total. The number of ether oxygens (including phenoxy) is 1. The topological polar surface area (TPSA) is 69.4 Å². The molecule has 2 heterocycles. The lowest BCUT2D eigenvalue weighted by Gasteiger charge is -2.18. The molecule has 2 aromatic heterocycles. The van der Waals surface area contributed by atoms with Gasteiger partial charge in [-0.05, 0) is 48.5 Å². The van der Waals surface area contributed by atoms with Crippen molar-refractivity contribution >= 4 is 56.6 Å². The highest BCUT2D eigenvalue weighted by Crippen LogP contribution is 2.31. The number of carbonyl (C=O) groups excluding carboxylic acids is 1. The largest absolute Gasteiger partial charge is 0.495 e. The van der Waals surface area contributed by atoms with Gasteiger partial charge in [0.1, 0.15) is 11.3 Å². The van der Waals surface area contributed by atoms with Crippen LogP contribution in [0.25, 0.3) is 27.5 Å². The first-order valence-corrected chi connectivity index (χ1v) is 11.5. The Labute approximate surface area is 210 Å². The number of aromatic nitrogens is 3. The Hall–Kier alpha value is -3.81. The quantitative estimate of drug-likeness (QED) is 0.324. The predicted octanol–water partition coefficient (Wildman–Crippen LogP) is 5.47. The molecular formula is C26H20Cl2N4O3. The Morgan fingerprint density at radius 2 is 1.74 bits per heavy atom. The van der Waals surface area contributed by atoms with Crippen LogP contribution in [0.5, 0.6) is 5.75 Å².